The fraction of sp³-hybridized carbons (Fsp3) is 0.500. The maximum absolute atomic E-state index is 8.29. The van der Waals surface area contributed by atoms with E-state index in [2.05, 4.69) is 36.4 Å². The molecule has 0 rings (SSSR count). The lowest BCUT2D eigenvalue weighted by molar-refractivity contribution is 0.760. The SMILES string of the molecule is C/C=C/C/C=C/CCCC/C=C/CC#N. The molecule has 0 radical (unpaired) electrons. The summed E-state index contributed by atoms with van der Waals surface area (Å²) in [6.45, 7) is 2.04. The van der Waals surface area contributed by atoms with E-state index in [1.807, 2.05) is 13.0 Å². The van der Waals surface area contributed by atoms with E-state index >= 15 is 0 Å². The lowest BCUT2D eigenvalue weighted by atomic mass is 10.1. The molecular weight excluding hydrogens is 182 g/mol. The molecule has 0 fully saturated rings. The zero-order valence-corrected chi connectivity index (χ0v) is 9.65. The van der Waals surface area contributed by atoms with Gasteiger partial charge >= 0.3 is 0 Å². The van der Waals surface area contributed by atoms with Crippen LogP contribution in [-0.4, -0.2) is 0 Å². The van der Waals surface area contributed by atoms with Crippen LogP contribution in [0.1, 0.15) is 45.4 Å². The molecule has 0 aliphatic heterocycles. The van der Waals surface area contributed by atoms with E-state index in [1.54, 1.807) is 0 Å². The highest BCUT2D eigenvalue weighted by Crippen LogP contribution is 2.02. The molecule has 15 heavy (non-hydrogen) atoms. The molecule has 0 amide bonds. The summed E-state index contributed by atoms with van der Waals surface area (Å²) < 4.78 is 0. The number of nitriles is 1. The van der Waals surface area contributed by atoms with Crippen LogP contribution in [0.4, 0.5) is 0 Å². The van der Waals surface area contributed by atoms with Crippen LogP contribution in [0.25, 0.3) is 0 Å². The Kier molecular flexibility index (Phi) is 11.6. The Morgan fingerprint density at radius 2 is 1.60 bits per heavy atom. The number of nitrogens with zero attached hydrogens (tertiary/aromatic N) is 1. The summed E-state index contributed by atoms with van der Waals surface area (Å²) in [5.41, 5.74) is 0. The van der Waals surface area contributed by atoms with Crippen molar-refractivity contribution in [3.8, 4) is 6.07 Å². The van der Waals surface area contributed by atoms with Gasteiger partial charge in [-0.15, -0.1) is 0 Å². The maximum Gasteiger partial charge on any atom is 0.0663 e. The Bertz CT molecular complexity index is 241. The summed E-state index contributed by atoms with van der Waals surface area (Å²) in [7, 11) is 0. The van der Waals surface area contributed by atoms with Crippen molar-refractivity contribution in [3.05, 3.63) is 36.5 Å². The van der Waals surface area contributed by atoms with E-state index in [0.29, 0.717) is 6.42 Å². The molecule has 1 heteroatoms. The zero-order valence-electron chi connectivity index (χ0n) is 9.65. The Balaban J connectivity index is 3.18. The van der Waals surface area contributed by atoms with Crippen molar-refractivity contribution in [2.45, 2.75) is 45.4 Å². The van der Waals surface area contributed by atoms with Crippen LogP contribution < -0.4 is 0 Å². The van der Waals surface area contributed by atoms with E-state index < -0.39 is 0 Å². The molecule has 0 atom stereocenters. The smallest absolute Gasteiger partial charge is 0.0663 e. The summed E-state index contributed by atoms with van der Waals surface area (Å²) in [5, 5.41) is 8.29. The number of hydrogen-bond acceptors (Lipinski definition) is 1. The van der Waals surface area contributed by atoms with E-state index in [4.69, 9.17) is 5.26 Å². The molecule has 0 heterocycles. The van der Waals surface area contributed by atoms with Crippen molar-refractivity contribution in [3.63, 3.8) is 0 Å². The van der Waals surface area contributed by atoms with Gasteiger partial charge in [0.2, 0.25) is 0 Å². The van der Waals surface area contributed by atoms with Crippen LogP contribution in [0.3, 0.4) is 0 Å². The van der Waals surface area contributed by atoms with E-state index in [-0.39, 0.29) is 0 Å². The topological polar surface area (TPSA) is 23.8 Å². The third-order valence-electron chi connectivity index (χ3n) is 2.04. The largest absolute Gasteiger partial charge is 0.198 e. The Labute approximate surface area is 93.8 Å². The van der Waals surface area contributed by atoms with E-state index in [0.717, 1.165) is 12.8 Å². The predicted molar refractivity (Wildman–Crippen MR) is 66.4 cm³/mol. The Hall–Kier alpha value is -1.29. The monoisotopic (exact) mass is 203 g/mol. The van der Waals surface area contributed by atoms with Crippen LogP contribution in [0, 0.1) is 11.3 Å². The van der Waals surface area contributed by atoms with Crippen molar-refractivity contribution >= 4 is 0 Å². The van der Waals surface area contributed by atoms with Gasteiger partial charge in [0.1, 0.15) is 0 Å². The van der Waals surface area contributed by atoms with Gasteiger partial charge < -0.3 is 0 Å². The van der Waals surface area contributed by atoms with Gasteiger partial charge in [0.05, 0.1) is 12.5 Å². The molecule has 0 aliphatic carbocycles. The van der Waals surface area contributed by atoms with Gasteiger partial charge in [0, 0.05) is 0 Å². The van der Waals surface area contributed by atoms with Crippen molar-refractivity contribution in [1.82, 2.24) is 0 Å². The van der Waals surface area contributed by atoms with Crippen molar-refractivity contribution in [2.75, 3.05) is 0 Å². The van der Waals surface area contributed by atoms with E-state index in [1.165, 1.54) is 19.3 Å². The van der Waals surface area contributed by atoms with Crippen molar-refractivity contribution in [2.24, 2.45) is 0 Å². The molecule has 0 saturated heterocycles. The van der Waals surface area contributed by atoms with Gasteiger partial charge in [0.15, 0.2) is 0 Å². The predicted octanol–water partition coefficient (Wildman–Crippen LogP) is 4.54. The van der Waals surface area contributed by atoms with Gasteiger partial charge in [-0.3, -0.25) is 0 Å². The first-order valence-corrected chi connectivity index (χ1v) is 5.70. The average Bonchev–Trinajstić information content (AvgIpc) is 2.26. The molecule has 0 aromatic rings. The van der Waals surface area contributed by atoms with Crippen molar-refractivity contribution in [1.29, 1.82) is 5.26 Å². The minimum absolute atomic E-state index is 0.545. The first kappa shape index (κ1) is 13.7. The molecule has 0 saturated carbocycles. The number of hydrogen-bond donors (Lipinski definition) is 0. The molecule has 82 valence electrons. The second-order valence-corrected chi connectivity index (χ2v) is 3.39. The Morgan fingerprint density at radius 1 is 0.933 bits per heavy atom. The lowest BCUT2D eigenvalue weighted by Gasteiger charge is -1.92. The highest BCUT2D eigenvalue weighted by molar-refractivity contribution is 4.92. The van der Waals surface area contributed by atoms with Crippen LogP contribution >= 0.6 is 0 Å². The number of unbranched alkanes of at least 4 members (excludes halogenated alkanes) is 3. The van der Waals surface area contributed by atoms with E-state index in [9.17, 15) is 0 Å². The molecule has 0 spiro atoms. The molecule has 0 N–H and O–H groups in total. The second-order valence-electron chi connectivity index (χ2n) is 3.39. The lowest BCUT2D eigenvalue weighted by Crippen LogP contribution is -1.72. The molecule has 1 nitrogen and oxygen atoms in total. The van der Waals surface area contributed by atoms with Gasteiger partial charge in [0.25, 0.3) is 0 Å². The van der Waals surface area contributed by atoms with Crippen LogP contribution in [0.5, 0.6) is 0 Å². The molecule has 0 unspecified atom stereocenters. The standard InChI is InChI=1S/C14H21N/c1-2-3-4-5-6-7-8-9-10-11-12-13-14-15/h2-3,5-6,11-12H,4,7-10,13H2,1H3/b3-2+,6-5+,12-11+. The highest BCUT2D eigenvalue weighted by atomic mass is 14.2. The Morgan fingerprint density at radius 3 is 2.20 bits per heavy atom. The van der Waals surface area contributed by atoms with Gasteiger partial charge in [-0.1, -0.05) is 36.5 Å². The normalized spacial score (nSPS) is 11.7. The quantitative estimate of drug-likeness (QED) is 0.419. The third kappa shape index (κ3) is 12.7. The zero-order chi connectivity index (χ0) is 11.2. The van der Waals surface area contributed by atoms with Gasteiger partial charge in [-0.25, -0.2) is 0 Å². The maximum atomic E-state index is 8.29. The molecule has 0 aromatic carbocycles. The third-order valence-corrected chi connectivity index (χ3v) is 2.04. The molecular formula is C14H21N. The van der Waals surface area contributed by atoms with Gasteiger partial charge in [-0.2, -0.15) is 5.26 Å². The number of allylic oxidation sites excluding steroid dienone is 6. The summed E-state index contributed by atoms with van der Waals surface area (Å²) in [5.74, 6) is 0. The number of rotatable bonds is 8. The molecule has 0 aromatic heterocycles. The average molecular weight is 203 g/mol. The summed E-state index contributed by atoms with van der Waals surface area (Å²) in [6.07, 6.45) is 19.1. The first-order chi connectivity index (χ1) is 7.41. The summed E-state index contributed by atoms with van der Waals surface area (Å²) in [6, 6.07) is 2.09. The molecule has 0 aliphatic rings. The first-order valence-electron chi connectivity index (χ1n) is 5.70. The van der Waals surface area contributed by atoms with Crippen LogP contribution in [0.15, 0.2) is 36.5 Å². The second kappa shape index (κ2) is 12.7. The fourth-order valence-electron chi connectivity index (χ4n) is 1.21. The fourth-order valence-corrected chi connectivity index (χ4v) is 1.21. The summed E-state index contributed by atoms with van der Waals surface area (Å²) in [4.78, 5) is 0. The summed E-state index contributed by atoms with van der Waals surface area (Å²) >= 11 is 0. The highest BCUT2D eigenvalue weighted by Gasteiger charge is 1.83. The van der Waals surface area contributed by atoms with Gasteiger partial charge in [-0.05, 0) is 39.0 Å². The molecule has 0 bridgehead atoms. The van der Waals surface area contributed by atoms with Crippen molar-refractivity contribution < 1.29 is 0 Å². The minimum atomic E-state index is 0.545. The van der Waals surface area contributed by atoms with Crippen LogP contribution in [-0.2, 0) is 0 Å². The van der Waals surface area contributed by atoms with Crippen LogP contribution in [0.2, 0.25) is 0 Å². The minimum Gasteiger partial charge on any atom is -0.198 e.